The van der Waals surface area contributed by atoms with Crippen molar-refractivity contribution in [2.45, 2.75) is 26.4 Å². The van der Waals surface area contributed by atoms with Crippen molar-refractivity contribution in [3.63, 3.8) is 0 Å². The third-order valence-electron chi connectivity index (χ3n) is 3.38. The van der Waals surface area contributed by atoms with E-state index >= 15 is 0 Å². The van der Waals surface area contributed by atoms with Gasteiger partial charge in [0, 0.05) is 31.2 Å². The summed E-state index contributed by atoms with van der Waals surface area (Å²) in [6.07, 6.45) is -0.356. The number of carbonyl (C=O) groups is 2. The van der Waals surface area contributed by atoms with Gasteiger partial charge in [-0.05, 0) is 39.0 Å². The Balaban J connectivity index is 1.97. The molecule has 2 amide bonds. The highest BCUT2D eigenvalue weighted by atomic mass is 35.5. The second-order valence-corrected chi connectivity index (χ2v) is 7.23. The minimum atomic E-state index is -0.529. The summed E-state index contributed by atoms with van der Waals surface area (Å²) >= 11 is 12.0. The number of amides is 2. The Morgan fingerprint density at radius 3 is 2.17 bits per heavy atom. The van der Waals surface area contributed by atoms with E-state index in [-0.39, 0.29) is 12.0 Å². The van der Waals surface area contributed by atoms with Crippen LogP contribution in [0.5, 0.6) is 0 Å². The average Bonchev–Trinajstić information content (AvgIpc) is 2.47. The Hall–Kier alpha value is -1.46. The quantitative estimate of drug-likeness (QED) is 0.769. The lowest BCUT2D eigenvalue weighted by molar-refractivity contribution is 0.0141. The SMILES string of the molecule is CC(C)(C)OC(=O)N1CCN(C(=O)c2cc(Cl)ccc2Cl)CC1. The normalized spacial score (nSPS) is 15.5. The van der Waals surface area contributed by atoms with Crippen LogP contribution in [-0.2, 0) is 4.74 Å². The molecule has 0 N–H and O–H groups in total. The number of rotatable bonds is 1. The van der Waals surface area contributed by atoms with E-state index in [4.69, 9.17) is 27.9 Å². The van der Waals surface area contributed by atoms with Gasteiger partial charge in [0.15, 0.2) is 0 Å². The first-order chi connectivity index (χ1) is 10.7. The summed E-state index contributed by atoms with van der Waals surface area (Å²) in [7, 11) is 0. The summed E-state index contributed by atoms with van der Waals surface area (Å²) in [6.45, 7) is 7.20. The molecule has 1 aliphatic rings. The van der Waals surface area contributed by atoms with E-state index in [1.54, 1.807) is 28.0 Å². The van der Waals surface area contributed by atoms with Gasteiger partial charge < -0.3 is 14.5 Å². The number of ether oxygens (including phenoxy) is 1. The molecule has 0 radical (unpaired) electrons. The molecular formula is C16H20Cl2N2O3. The van der Waals surface area contributed by atoms with E-state index in [9.17, 15) is 9.59 Å². The fourth-order valence-corrected chi connectivity index (χ4v) is 2.62. The maximum absolute atomic E-state index is 12.5. The summed E-state index contributed by atoms with van der Waals surface area (Å²) in [5, 5.41) is 0.833. The molecule has 2 rings (SSSR count). The first-order valence-electron chi connectivity index (χ1n) is 7.39. The van der Waals surface area contributed by atoms with Crippen LogP contribution < -0.4 is 0 Å². The highest BCUT2D eigenvalue weighted by Gasteiger charge is 2.28. The van der Waals surface area contributed by atoms with Crippen LogP contribution >= 0.6 is 23.2 Å². The Kier molecular flexibility index (Phi) is 5.42. The predicted molar refractivity (Wildman–Crippen MR) is 90.2 cm³/mol. The minimum absolute atomic E-state index is 0.179. The van der Waals surface area contributed by atoms with Crippen molar-refractivity contribution in [1.82, 2.24) is 9.80 Å². The number of carbonyl (C=O) groups excluding carboxylic acids is 2. The highest BCUT2D eigenvalue weighted by Crippen LogP contribution is 2.23. The fraction of sp³-hybridized carbons (Fsp3) is 0.500. The maximum Gasteiger partial charge on any atom is 0.410 e. The first kappa shape index (κ1) is 17.9. The fourth-order valence-electron chi connectivity index (χ4n) is 2.25. The van der Waals surface area contributed by atoms with Gasteiger partial charge in [0.25, 0.3) is 5.91 Å². The van der Waals surface area contributed by atoms with Gasteiger partial charge in [-0.25, -0.2) is 4.79 Å². The molecule has 0 atom stereocenters. The van der Waals surface area contributed by atoms with E-state index in [0.29, 0.717) is 41.8 Å². The molecule has 1 aromatic carbocycles. The first-order valence-corrected chi connectivity index (χ1v) is 8.15. The summed E-state index contributed by atoms with van der Waals surface area (Å²) in [5.41, 5.74) is -0.150. The number of piperazine rings is 1. The molecule has 0 bridgehead atoms. The molecule has 1 aromatic rings. The summed E-state index contributed by atoms with van der Waals surface area (Å²) in [5.74, 6) is -0.179. The molecule has 0 aliphatic carbocycles. The number of benzene rings is 1. The lowest BCUT2D eigenvalue weighted by Crippen LogP contribution is -2.51. The summed E-state index contributed by atoms with van der Waals surface area (Å²) in [6, 6.07) is 4.81. The number of hydrogen-bond donors (Lipinski definition) is 0. The van der Waals surface area contributed by atoms with Crippen LogP contribution in [0.25, 0.3) is 0 Å². The number of halogens is 2. The van der Waals surface area contributed by atoms with E-state index in [1.807, 2.05) is 20.8 Å². The molecule has 23 heavy (non-hydrogen) atoms. The van der Waals surface area contributed by atoms with Crippen LogP contribution in [0, 0.1) is 0 Å². The molecule has 7 heteroatoms. The van der Waals surface area contributed by atoms with E-state index in [2.05, 4.69) is 0 Å². The molecule has 0 spiro atoms. The van der Waals surface area contributed by atoms with Gasteiger partial charge in [-0.2, -0.15) is 0 Å². The average molecular weight is 359 g/mol. The number of hydrogen-bond acceptors (Lipinski definition) is 3. The molecule has 0 saturated carbocycles. The monoisotopic (exact) mass is 358 g/mol. The maximum atomic E-state index is 12.5. The van der Waals surface area contributed by atoms with Gasteiger partial charge in [0.2, 0.25) is 0 Å². The Labute approximate surface area is 146 Å². The van der Waals surface area contributed by atoms with Crippen molar-refractivity contribution in [1.29, 1.82) is 0 Å². The zero-order valence-corrected chi connectivity index (χ0v) is 14.9. The van der Waals surface area contributed by atoms with Crippen LogP contribution in [0.15, 0.2) is 18.2 Å². The second-order valence-electron chi connectivity index (χ2n) is 6.38. The summed E-state index contributed by atoms with van der Waals surface area (Å²) in [4.78, 5) is 27.8. The van der Waals surface area contributed by atoms with Crippen LogP contribution in [0.2, 0.25) is 10.0 Å². The zero-order valence-electron chi connectivity index (χ0n) is 13.4. The highest BCUT2D eigenvalue weighted by molar-refractivity contribution is 6.35. The van der Waals surface area contributed by atoms with Crippen molar-refractivity contribution in [3.8, 4) is 0 Å². The van der Waals surface area contributed by atoms with Crippen molar-refractivity contribution in [3.05, 3.63) is 33.8 Å². The van der Waals surface area contributed by atoms with E-state index in [1.165, 1.54) is 0 Å². The standard InChI is InChI=1S/C16H20Cl2N2O3/c1-16(2,3)23-15(22)20-8-6-19(7-9-20)14(21)12-10-11(17)4-5-13(12)18/h4-5,10H,6-9H2,1-3H3. The molecule has 5 nitrogen and oxygen atoms in total. The molecule has 1 heterocycles. The Morgan fingerprint density at radius 2 is 1.61 bits per heavy atom. The molecule has 1 fully saturated rings. The Bertz CT molecular complexity index is 606. The lowest BCUT2D eigenvalue weighted by Gasteiger charge is -2.35. The largest absolute Gasteiger partial charge is 0.444 e. The topological polar surface area (TPSA) is 49.9 Å². The molecule has 126 valence electrons. The van der Waals surface area contributed by atoms with Crippen molar-refractivity contribution in [2.24, 2.45) is 0 Å². The number of nitrogens with zero attached hydrogens (tertiary/aromatic N) is 2. The van der Waals surface area contributed by atoms with Gasteiger partial charge in [-0.15, -0.1) is 0 Å². The van der Waals surface area contributed by atoms with Crippen LogP contribution in [-0.4, -0.2) is 53.6 Å². The predicted octanol–water partition coefficient (Wildman–Crippen LogP) is 3.69. The van der Waals surface area contributed by atoms with Gasteiger partial charge >= 0.3 is 6.09 Å². The molecular weight excluding hydrogens is 339 g/mol. The molecule has 0 aromatic heterocycles. The molecule has 1 saturated heterocycles. The van der Waals surface area contributed by atoms with Crippen LogP contribution in [0.4, 0.5) is 4.79 Å². The second kappa shape index (κ2) is 6.97. The van der Waals surface area contributed by atoms with Gasteiger partial charge in [0.1, 0.15) is 5.60 Å². The zero-order chi connectivity index (χ0) is 17.2. The van der Waals surface area contributed by atoms with Gasteiger partial charge in [-0.3, -0.25) is 4.79 Å². The van der Waals surface area contributed by atoms with Gasteiger partial charge in [-0.1, -0.05) is 23.2 Å². The van der Waals surface area contributed by atoms with Crippen molar-refractivity contribution < 1.29 is 14.3 Å². The lowest BCUT2D eigenvalue weighted by atomic mass is 10.2. The summed E-state index contributed by atoms with van der Waals surface area (Å²) < 4.78 is 5.34. The third kappa shape index (κ3) is 4.75. The van der Waals surface area contributed by atoms with E-state index < -0.39 is 5.60 Å². The third-order valence-corrected chi connectivity index (χ3v) is 3.94. The van der Waals surface area contributed by atoms with Crippen LogP contribution in [0.3, 0.4) is 0 Å². The van der Waals surface area contributed by atoms with Crippen molar-refractivity contribution >= 4 is 35.2 Å². The van der Waals surface area contributed by atoms with Crippen molar-refractivity contribution in [2.75, 3.05) is 26.2 Å². The molecule has 0 unspecified atom stereocenters. The minimum Gasteiger partial charge on any atom is -0.444 e. The van der Waals surface area contributed by atoms with Gasteiger partial charge in [0.05, 0.1) is 10.6 Å². The van der Waals surface area contributed by atoms with E-state index in [0.717, 1.165) is 0 Å². The smallest absolute Gasteiger partial charge is 0.410 e. The Morgan fingerprint density at radius 1 is 1.04 bits per heavy atom. The van der Waals surface area contributed by atoms with Crippen LogP contribution in [0.1, 0.15) is 31.1 Å². The molecule has 1 aliphatic heterocycles.